The second-order valence-corrected chi connectivity index (χ2v) is 4.45. The van der Waals surface area contributed by atoms with E-state index >= 15 is 0 Å². The lowest BCUT2D eigenvalue weighted by Crippen LogP contribution is -2.51. The fourth-order valence-corrected chi connectivity index (χ4v) is 1.65. The summed E-state index contributed by atoms with van der Waals surface area (Å²) < 4.78 is 4.15. The molecule has 0 radical (unpaired) electrons. The summed E-state index contributed by atoms with van der Waals surface area (Å²) in [4.78, 5) is 34.6. The Labute approximate surface area is 125 Å². The van der Waals surface area contributed by atoms with Crippen molar-refractivity contribution in [3.05, 3.63) is 35.9 Å². The predicted molar refractivity (Wildman–Crippen MR) is 71.8 cm³/mol. The van der Waals surface area contributed by atoms with Crippen LogP contribution in [0.3, 0.4) is 0 Å². The van der Waals surface area contributed by atoms with Crippen molar-refractivity contribution >= 4 is 17.5 Å². The average molecular weight is 312 g/mol. The van der Waals surface area contributed by atoms with Gasteiger partial charge < -0.3 is 25.2 Å². The Kier molecular flexibility index (Phi) is 6.32. The highest BCUT2D eigenvalue weighted by Gasteiger charge is 2.39. The molecule has 1 rings (SSSR count). The molecule has 8 nitrogen and oxygen atoms in total. The van der Waals surface area contributed by atoms with Crippen molar-refractivity contribution in [2.24, 2.45) is 0 Å². The number of benzene rings is 1. The molecule has 1 aromatic rings. The zero-order valence-corrected chi connectivity index (χ0v) is 11.6. The van der Waals surface area contributed by atoms with E-state index in [4.69, 9.17) is 0 Å². The Morgan fingerprint density at radius 2 is 1.41 bits per heavy atom. The number of ketones is 2. The number of rotatable bonds is 7. The number of Topliss-reactive ketones (excluding diaryl/α,β-unsaturated/α-hetero) is 2. The zero-order valence-electron chi connectivity index (χ0n) is 11.6. The van der Waals surface area contributed by atoms with Gasteiger partial charge in [0.05, 0.1) is 7.11 Å². The van der Waals surface area contributed by atoms with E-state index < -0.39 is 42.0 Å². The van der Waals surface area contributed by atoms with E-state index in [0.29, 0.717) is 0 Å². The number of carbonyl (C=O) groups is 3. The lowest BCUT2D eigenvalue weighted by molar-refractivity contribution is -0.167. The van der Waals surface area contributed by atoms with Crippen LogP contribution in [-0.2, 0) is 14.3 Å². The van der Waals surface area contributed by atoms with Gasteiger partial charge in [0, 0.05) is 5.56 Å². The van der Waals surface area contributed by atoms with E-state index in [1.54, 1.807) is 6.07 Å². The number of carbonyl (C=O) groups excluding carboxylic acids is 3. The maximum Gasteiger partial charge on any atom is 0.337 e. The van der Waals surface area contributed by atoms with Crippen molar-refractivity contribution < 1.29 is 39.5 Å². The van der Waals surface area contributed by atoms with Crippen molar-refractivity contribution in [1.29, 1.82) is 0 Å². The molecule has 4 unspecified atom stereocenters. The van der Waals surface area contributed by atoms with Crippen molar-refractivity contribution in [1.82, 2.24) is 0 Å². The molecule has 22 heavy (non-hydrogen) atoms. The molecule has 0 aliphatic heterocycles. The van der Waals surface area contributed by atoms with Gasteiger partial charge in [0.1, 0.15) is 18.3 Å². The van der Waals surface area contributed by atoms with Gasteiger partial charge in [0.15, 0.2) is 6.10 Å². The lowest BCUT2D eigenvalue weighted by Gasteiger charge is -2.24. The summed E-state index contributed by atoms with van der Waals surface area (Å²) in [7, 11) is 0.936. The molecular weight excluding hydrogens is 296 g/mol. The van der Waals surface area contributed by atoms with Crippen LogP contribution in [0.25, 0.3) is 0 Å². The van der Waals surface area contributed by atoms with Crippen molar-refractivity contribution in [2.45, 2.75) is 24.4 Å². The van der Waals surface area contributed by atoms with Crippen molar-refractivity contribution in [3.8, 4) is 0 Å². The quantitative estimate of drug-likeness (QED) is 0.259. The maximum atomic E-state index is 11.8. The smallest absolute Gasteiger partial charge is 0.337 e. The zero-order chi connectivity index (χ0) is 16.9. The fraction of sp³-hybridized carbons (Fsp3) is 0.357. The molecule has 0 bridgehead atoms. The van der Waals surface area contributed by atoms with Crippen LogP contribution in [0.2, 0.25) is 0 Å². The van der Waals surface area contributed by atoms with Gasteiger partial charge in [-0.1, -0.05) is 30.3 Å². The van der Waals surface area contributed by atoms with E-state index in [-0.39, 0.29) is 5.56 Å². The van der Waals surface area contributed by atoms with Gasteiger partial charge in [-0.3, -0.25) is 9.59 Å². The first-order chi connectivity index (χ1) is 10.3. The van der Waals surface area contributed by atoms with Gasteiger partial charge in [-0.05, 0) is 0 Å². The number of methoxy groups -OCH3 is 1. The SMILES string of the molecule is COC(=O)C(O)C(O)C(O)C(O)C(=O)C(=O)c1ccccc1. The minimum absolute atomic E-state index is 0.0123. The normalized spacial score (nSPS) is 16.2. The second-order valence-electron chi connectivity index (χ2n) is 4.45. The van der Waals surface area contributed by atoms with E-state index in [2.05, 4.69) is 4.74 Å². The van der Waals surface area contributed by atoms with E-state index in [0.717, 1.165) is 7.11 Å². The number of esters is 1. The van der Waals surface area contributed by atoms with E-state index in [1.165, 1.54) is 24.3 Å². The third-order valence-corrected chi connectivity index (χ3v) is 2.97. The van der Waals surface area contributed by atoms with Crippen molar-refractivity contribution in [2.75, 3.05) is 7.11 Å². The number of hydrogen-bond donors (Lipinski definition) is 4. The summed E-state index contributed by atoms with van der Waals surface area (Å²) in [6.45, 7) is 0. The molecule has 0 heterocycles. The predicted octanol–water partition coefficient (Wildman–Crippen LogP) is -1.94. The molecule has 0 saturated heterocycles. The molecule has 0 saturated carbocycles. The summed E-state index contributed by atoms with van der Waals surface area (Å²) in [5.41, 5.74) is -0.0123. The summed E-state index contributed by atoms with van der Waals surface area (Å²) >= 11 is 0. The Bertz CT molecular complexity index is 541. The highest BCUT2D eigenvalue weighted by atomic mass is 16.5. The van der Waals surface area contributed by atoms with Crippen LogP contribution in [0.5, 0.6) is 0 Å². The summed E-state index contributed by atoms with van der Waals surface area (Å²) in [6.07, 6.45) is -8.92. The first-order valence-corrected chi connectivity index (χ1v) is 6.25. The van der Waals surface area contributed by atoms with Crippen LogP contribution in [0, 0.1) is 0 Å². The van der Waals surface area contributed by atoms with E-state index in [1.807, 2.05) is 0 Å². The fourth-order valence-electron chi connectivity index (χ4n) is 1.65. The van der Waals surface area contributed by atoms with Gasteiger partial charge in [-0.25, -0.2) is 4.79 Å². The third-order valence-electron chi connectivity index (χ3n) is 2.97. The standard InChI is InChI=1S/C14H16O8/c1-22-14(21)13(20)12(19)11(18)10(17)9(16)8(15)7-5-3-2-4-6-7/h2-6,10-13,17-20H,1H3. The maximum absolute atomic E-state index is 11.8. The minimum Gasteiger partial charge on any atom is -0.467 e. The highest BCUT2D eigenvalue weighted by molar-refractivity contribution is 6.45. The minimum atomic E-state index is -2.30. The molecule has 0 aliphatic carbocycles. The van der Waals surface area contributed by atoms with Gasteiger partial charge in [0.25, 0.3) is 0 Å². The van der Waals surface area contributed by atoms with Crippen molar-refractivity contribution in [3.63, 3.8) is 0 Å². The monoisotopic (exact) mass is 312 g/mol. The van der Waals surface area contributed by atoms with E-state index in [9.17, 15) is 34.8 Å². The number of hydrogen-bond acceptors (Lipinski definition) is 8. The Hall–Kier alpha value is -2.13. The highest BCUT2D eigenvalue weighted by Crippen LogP contribution is 2.10. The molecule has 0 spiro atoms. The molecule has 4 N–H and O–H groups in total. The molecule has 4 atom stereocenters. The molecule has 0 amide bonds. The molecular formula is C14H16O8. The summed E-state index contributed by atoms with van der Waals surface area (Å²) in [5.74, 6) is -3.72. The molecule has 1 aromatic carbocycles. The Morgan fingerprint density at radius 1 is 0.909 bits per heavy atom. The molecule has 0 aromatic heterocycles. The van der Waals surface area contributed by atoms with Crippen LogP contribution in [0.4, 0.5) is 0 Å². The van der Waals surface area contributed by atoms with Gasteiger partial charge in [-0.15, -0.1) is 0 Å². The second kappa shape index (κ2) is 7.76. The number of aliphatic hydroxyl groups is 4. The first-order valence-electron chi connectivity index (χ1n) is 6.25. The summed E-state index contributed by atoms with van der Waals surface area (Å²) in [5, 5.41) is 38.2. The molecule has 0 aliphatic rings. The third kappa shape index (κ3) is 3.95. The average Bonchev–Trinajstić information content (AvgIpc) is 2.57. The Morgan fingerprint density at radius 3 is 1.91 bits per heavy atom. The van der Waals surface area contributed by atoms with Gasteiger partial charge in [0.2, 0.25) is 11.6 Å². The van der Waals surface area contributed by atoms with Crippen LogP contribution in [0.15, 0.2) is 30.3 Å². The molecule has 120 valence electrons. The summed E-state index contributed by atoms with van der Waals surface area (Å²) in [6, 6.07) is 7.28. The van der Waals surface area contributed by atoms with Crippen LogP contribution in [-0.4, -0.2) is 69.5 Å². The number of ether oxygens (including phenoxy) is 1. The molecule has 0 fully saturated rings. The van der Waals surface area contributed by atoms with Crippen LogP contribution >= 0.6 is 0 Å². The largest absolute Gasteiger partial charge is 0.467 e. The van der Waals surface area contributed by atoms with Gasteiger partial charge in [-0.2, -0.15) is 0 Å². The van der Waals surface area contributed by atoms with Gasteiger partial charge >= 0.3 is 5.97 Å². The van der Waals surface area contributed by atoms with Crippen LogP contribution < -0.4 is 0 Å². The topological polar surface area (TPSA) is 141 Å². The Balaban J connectivity index is 2.81. The lowest BCUT2D eigenvalue weighted by atomic mass is 9.96. The first kappa shape index (κ1) is 17.9. The van der Waals surface area contributed by atoms with Crippen LogP contribution in [0.1, 0.15) is 10.4 Å². The molecule has 8 heteroatoms. The number of aliphatic hydroxyl groups excluding tert-OH is 4.